The lowest BCUT2D eigenvalue weighted by Crippen LogP contribution is -2.25. The molecule has 0 saturated heterocycles. The molecule has 4 rings (SSSR count). The molecule has 11 heteroatoms. The van der Waals surface area contributed by atoms with Gasteiger partial charge in [0.25, 0.3) is 11.1 Å². The highest BCUT2D eigenvalue weighted by atomic mass is 35.5. The van der Waals surface area contributed by atoms with Crippen molar-refractivity contribution in [3.8, 4) is 0 Å². The summed E-state index contributed by atoms with van der Waals surface area (Å²) in [6.07, 6.45) is 1.30. The van der Waals surface area contributed by atoms with Crippen LogP contribution in [0.3, 0.4) is 0 Å². The summed E-state index contributed by atoms with van der Waals surface area (Å²) in [5.74, 6) is 0.839. The lowest BCUT2D eigenvalue weighted by atomic mass is 10.4. The van der Waals surface area contributed by atoms with Crippen LogP contribution < -0.4 is 11.1 Å². The zero-order chi connectivity index (χ0) is 17.0. The standard InChI is InChI=1S/C13H8Cl2N6O2S/c1-19-12(23)10-7(2-3-24-10)21-8(17-18-13(19)21)5-20-11(22)9(15)6(14)4-16-20/h2-4H,5H2,1H3. The second-order valence-corrected chi connectivity index (χ2v) is 6.72. The van der Waals surface area contributed by atoms with Gasteiger partial charge in [-0.2, -0.15) is 5.10 Å². The smallest absolute Gasteiger partial charge is 0.279 e. The first-order valence-corrected chi connectivity index (χ1v) is 8.34. The zero-order valence-corrected chi connectivity index (χ0v) is 14.4. The number of rotatable bonds is 2. The minimum absolute atomic E-state index is 0.0417. The third kappa shape index (κ3) is 2.09. The third-order valence-electron chi connectivity index (χ3n) is 3.63. The topological polar surface area (TPSA) is 87.1 Å². The molecule has 0 radical (unpaired) electrons. The molecule has 0 aromatic carbocycles. The largest absolute Gasteiger partial charge is 0.287 e. The fourth-order valence-electron chi connectivity index (χ4n) is 2.45. The Morgan fingerprint density at radius 3 is 2.79 bits per heavy atom. The predicted molar refractivity (Wildman–Crippen MR) is 91.2 cm³/mol. The van der Waals surface area contributed by atoms with Crippen LogP contribution in [0.15, 0.2) is 27.2 Å². The second-order valence-electron chi connectivity index (χ2n) is 5.02. The van der Waals surface area contributed by atoms with E-state index in [-0.39, 0.29) is 22.1 Å². The predicted octanol–water partition coefficient (Wildman–Crippen LogP) is 1.55. The van der Waals surface area contributed by atoms with E-state index >= 15 is 0 Å². The van der Waals surface area contributed by atoms with Gasteiger partial charge in [-0.3, -0.25) is 18.6 Å². The Kier molecular flexibility index (Phi) is 3.44. The summed E-state index contributed by atoms with van der Waals surface area (Å²) in [5, 5.41) is 13.9. The molecule has 122 valence electrons. The molecule has 0 aliphatic heterocycles. The van der Waals surface area contributed by atoms with Gasteiger partial charge in [0.1, 0.15) is 16.3 Å². The SMILES string of the molecule is Cn1c(=O)c2sccc2n2c(Cn3ncc(Cl)c(Cl)c3=O)nnc12. The molecule has 24 heavy (non-hydrogen) atoms. The van der Waals surface area contributed by atoms with Gasteiger partial charge in [0.2, 0.25) is 5.78 Å². The molecule has 0 atom stereocenters. The first-order chi connectivity index (χ1) is 11.5. The Bertz CT molecular complexity index is 1220. The van der Waals surface area contributed by atoms with Crippen molar-refractivity contribution in [1.29, 1.82) is 0 Å². The molecule has 4 heterocycles. The van der Waals surface area contributed by atoms with E-state index in [2.05, 4.69) is 15.3 Å². The van der Waals surface area contributed by atoms with Gasteiger partial charge < -0.3 is 0 Å². The van der Waals surface area contributed by atoms with Gasteiger partial charge in [-0.25, -0.2) is 4.68 Å². The summed E-state index contributed by atoms with van der Waals surface area (Å²) in [5.41, 5.74) is 0.0230. The van der Waals surface area contributed by atoms with Crippen LogP contribution in [0.5, 0.6) is 0 Å². The summed E-state index contributed by atoms with van der Waals surface area (Å²) < 4.78 is 4.87. The lowest BCUT2D eigenvalue weighted by molar-refractivity contribution is 0.611. The molecule has 0 aliphatic carbocycles. The minimum atomic E-state index is -0.521. The van der Waals surface area contributed by atoms with E-state index in [1.807, 2.05) is 11.4 Å². The molecule has 0 unspecified atom stereocenters. The van der Waals surface area contributed by atoms with Gasteiger partial charge in [-0.05, 0) is 11.4 Å². The van der Waals surface area contributed by atoms with Gasteiger partial charge in [0.05, 0.1) is 16.7 Å². The van der Waals surface area contributed by atoms with Crippen molar-refractivity contribution in [3.05, 3.63) is 54.2 Å². The summed E-state index contributed by atoms with van der Waals surface area (Å²) in [6, 6.07) is 1.81. The van der Waals surface area contributed by atoms with Crippen LogP contribution in [0.1, 0.15) is 5.82 Å². The molecule has 0 spiro atoms. The van der Waals surface area contributed by atoms with E-state index in [9.17, 15) is 9.59 Å². The molecular weight excluding hydrogens is 375 g/mol. The highest BCUT2D eigenvalue weighted by Gasteiger charge is 2.17. The number of nitrogens with zero attached hydrogens (tertiary/aromatic N) is 6. The molecule has 0 amide bonds. The van der Waals surface area contributed by atoms with Gasteiger partial charge in [0, 0.05) is 7.05 Å². The summed E-state index contributed by atoms with van der Waals surface area (Å²) in [6.45, 7) is 0.0417. The van der Waals surface area contributed by atoms with Crippen LogP contribution in [0.25, 0.3) is 16.0 Å². The van der Waals surface area contributed by atoms with E-state index in [1.165, 1.54) is 22.1 Å². The molecule has 0 N–H and O–H groups in total. The lowest BCUT2D eigenvalue weighted by Gasteiger charge is -2.06. The number of thiophene rings is 1. The average molecular weight is 383 g/mol. The van der Waals surface area contributed by atoms with Crippen LogP contribution >= 0.6 is 34.5 Å². The van der Waals surface area contributed by atoms with Crippen LogP contribution in [0.2, 0.25) is 10.0 Å². The van der Waals surface area contributed by atoms with Crippen molar-refractivity contribution in [2.24, 2.45) is 7.05 Å². The van der Waals surface area contributed by atoms with Crippen LogP contribution in [-0.2, 0) is 13.6 Å². The maximum Gasteiger partial charge on any atom is 0.287 e. The van der Waals surface area contributed by atoms with E-state index in [0.717, 1.165) is 4.68 Å². The summed E-state index contributed by atoms with van der Waals surface area (Å²) >= 11 is 13.0. The average Bonchev–Trinajstić information content (AvgIpc) is 3.20. The zero-order valence-electron chi connectivity index (χ0n) is 12.1. The Morgan fingerprint density at radius 1 is 1.21 bits per heavy atom. The van der Waals surface area contributed by atoms with Crippen molar-refractivity contribution in [2.45, 2.75) is 6.54 Å². The van der Waals surface area contributed by atoms with Crippen molar-refractivity contribution in [2.75, 3.05) is 0 Å². The molecule has 0 fully saturated rings. The number of hydrogen-bond donors (Lipinski definition) is 0. The molecule has 0 aliphatic rings. The maximum absolute atomic E-state index is 12.3. The van der Waals surface area contributed by atoms with Crippen LogP contribution in [-0.4, -0.2) is 28.9 Å². The highest BCUT2D eigenvalue weighted by Crippen LogP contribution is 2.20. The first-order valence-electron chi connectivity index (χ1n) is 6.70. The number of hydrogen-bond acceptors (Lipinski definition) is 6. The maximum atomic E-state index is 12.3. The summed E-state index contributed by atoms with van der Waals surface area (Å²) in [7, 11) is 1.62. The second kappa shape index (κ2) is 5.40. The minimum Gasteiger partial charge on any atom is -0.279 e. The number of fused-ring (bicyclic) bond motifs is 3. The third-order valence-corrected chi connectivity index (χ3v) is 5.27. The van der Waals surface area contributed by atoms with Gasteiger partial charge in [0.15, 0.2) is 5.82 Å². The molecule has 4 aromatic heterocycles. The van der Waals surface area contributed by atoms with E-state index in [0.29, 0.717) is 21.8 Å². The number of aromatic nitrogens is 6. The van der Waals surface area contributed by atoms with Crippen molar-refractivity contribution >= 4 is 50.5 Å². The van der Waals surface area contributed by atoms with Gasteiger partial charge in [-0.1, -0.05) is 23.2 Å². The Labute approximate surface area is 147 Å². The molecule has 8 nitrogen and oxygen atoms in total. The highest BCUT2D eigenvalue weighted by molar-refractivity contribution is 7.17. The quantitative estimate of drug-likeness (QED) is 0.524. The molecule has 0 bridgehead atoms. The van der Waals surface area contributed by atoms with E-state index in [4.69, 9.17) is 23.2 Å². The Hall–Kier alpha value is -2.23. The summed E-state index contributed by atoms with van der Waals surface area (Å²) in [4.78, 5) is 24.5. The van der Waals surface area contributed by atoms with Gasteiger partial charge in [-0.15, -0.1) is 21.5 Å². The molecule has 4 aromatic rings. The number of aryl methyl sites for hydroxylation is 1. The normalized spacial score (nSPS) is 11.6. The van der Waals surface area contributed by atoms with Gasteiger partial charge >= 0.3 is 0 Å². The fourth-order valence-corrected chi connectivity index (χ4v) is 3.57. The molecule has 0 saturated carbocycles. The van der Waals surface area contributed by atoms with Crippen molar-refractivity contribution in [3.63, 3.8) is 0 Å². The Balaban J connectivity index is 1.98. The number of halogens is 2. The first kappa shape index (κ1) is 15.3. The van der Waals surface area contributed by atoms with E-state index < -0.39 is 5.56 Å². The van der Waals surface area contributed by atoms with Crippen molar-refractivity contribution in [1.82, 2.24) is 28.9 Å². The Morgan fingerprint density at radius 2 is 2.00 bits per heavy atom. The monoisotopic (exact) mass is 382 g/mol. The van der Waals surface area contributed by atoms with E-state index in [1.54, 1.807) is 11.4 Å². The van der Waals surface area contributed by atoms with Crippen LogP contribution in [0.4, 0.5) is 0 Å². The fraction of sp³-hybridized carbons (Fsp3) is 0.154. The van der Waals surface area contributed by atoms with Crippen LogP contribution in [0, 0.1) is 0 Å². The molecular formula is C13H8Cl2N6O2S. The van der Waals surface area contributed by atoms with Crippen molar-refractivity contribution < 1.29 is 0 Å².